The van der Waals surface area contributed by atoms with Gasteiger partial charge in [0.1, 0.15) is 11.5 Å². The highest BCUT2D eigenvalue weighted by atomic mass is 16.5. The summed E-state index contributed by atoms with van der Waals surface area (Å²) in [4.78, 5) is 31.7. The molecule has 0 aliphatic carbocycles. The summed E-state index contributed by atoms with van der Waals surface area (Å²) in [5.41, 5.74) is 3.39. The van der Waals surface area contributed by atoms with Gasteiger partial charge >= 0.3 is 0 Å². The van der Waals surface area contributed by atoms with Crippen molar-refractivity contribution in [1.29, 1.82) is 0 Å². The van der Waals surface area contributed by atoms with Crippen molar-refractivity contribution in [2.24, 2.45) is 4.99 Å². The normalized spacial score (nSPS) is 18.7. The summed E-state index contributed by atoms with van der Waals surface area (Å²) >= 11 is 0. The number of nitrogens with zero attached hydrogens (tertiary/aromatic N) is 2. The Morgan fingerprint density at radius 3 is 2.73 bits per heavy atom. The van der Waals surface area contributed by atoms with Gasteiger partial charge in [0.2, 0.25) is 0 Å². The van der Waals surface area contributed by atoms with Crippen LogP contribution in [0.3, 0.4) is 0 Å². The van der Waals surface area contributed by atoms with Crippen molar-refractivity contribution < 1.29 is 14.3 Å². The minimum Gasteiger partial charge on any atom is -0.497 e. The van der Waals surface area contributed by atoms with Gasteiger partial charge in [-0.1, -0.05) is 24.3 Å². The van der Waals surface area contributed by atoms with E-state index in [0.717, 1.165) is 6.42 Å². The molecule has 0 fully saturated rings. The maximum absolute atomic E-state index is 12.9. The highest BCUT2D eigenvalue weighted by Crippen LogP contribution is 2.32. The summed E-state index contributed by atoms with van der Waals surface area (Å²) in [6.45, 7) is 1.20. The van der Waals surface area contributed by atoms with Crippen molar-refractivity contribution in [2.75, 3.05) is 20.2 Å². The Balaban J connectivity index is 1.53. The predicted octanol–water partition coefficient (Wildman–Crippen LogP) is 2.85. The molecule has 5 nitrogen and oxygen atoms in total. The number of ketones is 1. The van der Waals surface area contributed by atoms with Gasteiger partial charge in [0.05, 0.1) is 26.1 Å². The number of benzene rings is 2. The SMILES string of the molecule is COc1ccc(C(=O)CC2=NC[C@H]3c4ccccc4CCN3C2=O)cc1. The van der Waals surface area contributed by atoms with Gasteiger partial charge in [0, 0.05) is 12.1 Å². The summed E-state index contributed by atoms with van der Waals surface area (Å²) in [5, 5.41) is 0. The maximum Gasteiger partial charge on any atom is 0.268 e. The van der Waals surface area contributed by atoms with Crippen molar-refractivity contribution in [3.8, 4) is 5.75 Å². The number of amides is 1. The second-order valence-corrected chi connectivity index (χ2v) is 6.58. The van der Waals surface area contributed by atoms with Gasteiger partial charge in [0.15, 0.2) is 5.78 Å². The Kier molecular flexibility index (Phi) is 4.29. The van der Waals surface area contributed by atoms with E-state index in [0.29, 0.717) is 30.1 Å². The van der Waals surface area contributed by atoms with Crippen LogP contribution < -0.4 is 4.74 Å². The van der Waals surface area contributed by atoms with Crippen molar-refractivity contribution >= 4 is 17.4 Å². The van der Waals surface area contributed by atoms with Crippen LogP contribution in [0.15, 0.2) is 53.5 Å². The number of hydrogen-bond acceptors (Lipinski definition) is 4. The van der Waals surface area contributed by atoms with Crippen LogP contribution in [0.1, 0.15) is 33.9 Å². The zero-order valence-corrected chi connectivity index (χ0v) is 14.6. The molecule has 2 aliphatic rings. The van der Waals surface area contributed by atoms with Gasteiger partial charge < -0.3 is 9.64 Å². The molecular weight excluding hydrogens is 328 g/mol. The first-order valence-electron chi connectivity index (χ1n) is 8.76. The first-order valence-corrected chi connectivity index (χ1v) is 8.76. The molecule has 1 atom stereocenters. The highest BCUT2D eigenvalue weighted by Gasteiger charge is 2.36. The van der Waals surface area contributed by atoms with Crippen LogP contribution in [0, 0.1) is 0 Å². The van der Waals surface area contributed by atoms with E-state index in [1.165, 1.54) is 11.1 Å². The maximum atomic E-state index is 12.9. The number of rotatable bonds is 4. The second kappa shape index (κ2) is 6.75. The van der Waals surface area contributed by atoms with Crippen LogP contribution in [0.2, 0.25) is 0 Å². The van der Waals surface area contributed by atoms with E-state index in [9.17, 15) is 9.59 Å². The lowest BCUT2D eigenvalue weighted by Crippen LogP contribution is -2.48. The standard InChI is InChI=1S/C21H20N2O3/c1-26-16-8-6-15(7-9-16)20(24)12-18-21(25)23-11-10-14-4-2-3-5-17(14)19(23)13-22-18/h2-9,19H,10-13H2,1H3/t19-/m0/s1. The second-order valence-electron chi connectivity index (χ2n) is 6.58. The van der Waals surface area contributed by atoms with Gasteiger partial charge in [-0.15, -0.1) is 0 Å². The van der Waals surface area contributed by atoms with Crippen LogP contribution in [-0.2, 0) is 11.2 Å². The third-order valence-electron chi connectivity index (χ3n) is 5.12. The van der Waals surface area contributed by atoms with E-state index in [4.69, 9.17) is 4.74 Å². The van der Waals surface area contributed by atoms with E-state index in [1.807, 2.05) is 17.0 Å². The summed E-state index contributed by atoms with van der Waals surface area (Å²) in [6, 6.07) is 15.1. The smallest absolute Gasteiger partial charge is 0.268 e. The van der Waals surface area contributed by atoms with Gasteiger partial charge in [-0.3, -0.25) is 14.6 Å². The lowest BCUT2D eigenvalue weighted by atomic mass is 9.90. The average Bonchev–Trinajstić information content (AvgIpc) is 2.69. The highest BCUT2D eigenvalue weighted by molar-refractivity contribution is 6.43. The molecule has 0 bridgehead atoms. The molecule has 2 aliphatic heterocycles. The van der Waals surface area contributed by atoms with Crippen LogP contribution in [0.25, 0.3) is 0 Å². The molecule has 0 aromatic heterocycles. The molecule has 1 amide bonds. The molecule has 2 aromatic rings. The Hall–Kier alpha value is -2.95. The summed E-state index contributed by atoms with van der Waals surface area (Å²) < 4.78 is 5.11. The van der Waals surface area contributed by atoms with Gasteiger partial charge in [-0.2, -0.15) is 0 Å². The Labute approximate surface area is 152 Å². The number of methoxy groups -OCH3 is 1. The minimum absolute atomic E-state index is 0.00714. The van der Waals surface area contributed by atoms with E-state index < -0.39 is 0 Å². The fourth-order valence-electron chi connectivity index (χ4n) is 3.68. The number of carbonyl (C=O) groups excluding carboxylic acids is 2. The largest absolute Gasteiger partial charge is 0.497 e. The first kappa shape index (κ1) is 16.5. The molecule has 2 aromatic carbocycles. The van der Waals surface area contributed by atoms with Crippen molar-refractivity contribution in [3.05, 3.63) is 65.2 Å². The third kappa shape index (κ3) is 2.90. The molecule has 0 radical (unpaired) electrons. The average molecular weight is 348 g/mol. The fourth-order valence-corrected chi connectivity index (χ4v) is 3.68. The quantitative estimate of drug-likeness (QED) is 0.799. The van der Waals surface area contributed by atoms with Gasteiger partial charge in [0.25, 0.3) is 5.91 Å². The molecule has 4 rings (SSSR count). The van der Waals surface area contributed by atoms with Crippen molar-refractivity contribution in [3.63, 3.8) is 0 Å². The zero-order chi connectivity index (χ0) is 18.1. The topological polar surface area (TPSA) is 59.0 Å². The van der Waals surface area contributed by atoms with Crippen molar-refractivity contribution in [1.82, 2.24) is 4.90 Å². The number of fused-ring (bicyclic) bond motifs is 3. The fraction of sp³-hybridized carbons (Fsp3) is 0.286. The lowest BCUT2D eigenvalue weighted by Gasteiger charge is -2.39. The van der Waals surface area contributed by atoms with Crippen LogP contribution >= 0.6 is 0 Å². The third-order valence-corrected chi connectivity index (χ3v) is 5.12. The van der Waals surface area contributed by atoms with Crippen LogP contribution in [0.5, 0.6) is 5.75 Å². The molecule has 0 unspecified atom stereocenters. The summed E-state index contributed by atoms with van der Waals surface area (Å²) in [5.74, 6) is 0.482. The van der Waals surface area contributed by atoms with E-state index >= 15 is 0 Å². The molecule has 26 heavy (non-hydrogen) atoms. The Morgan fingerprint density at radius 2 is 1.96 bits per heavy atom. The lowest BCUT2D eigenvalue weighted by molar-refractivity contribution is -0.127. The molecule has 0 saturated carbocycles. The number of Topliss-reactive ketones (excluding diaryl/α,β-unsaturated/α-hetero) is 1. The molecule has 0 spiro atoms. The number of aliphatic imine (C=N–C) groups is 1. The number of ether oxygens (including phenoxy) is 1. The van der Waals surface area contributed by atoms with E-state index in [2.05, 4.69) is 17.1 Å². The van der Waals surface area contributed by atoms with Crippen LogP contribution in [0.4, 0.5) is 0 Å². The first-order chi connectivity index (χ1) is 12.7. The Morgan fingerprint density at radius 1 is 1.19 bits per heavy atom. The molecule has 2 heterocycles. The minimum atomic E-state index is -0.113. The molecule has 0 saturated heterocycles. The summed E-state index contributed by atoms with van der Waals surface area (Å²) in [7, 11) is 1.58. The van der Waals surface area contributed by atoms with E-state index in [-0.39, 0.29) is 24.2 Å². The molecule has 0 N–H and O–H groups in total. The van der Waals surface area contributed by atoms with Crippen molar-refractivity contribution in [2.45, 2.75) is 18.9 Å². The number of carbonyl (C=O) groups is 2. The predicted molar refractivity (Wildman–Crippen MR) is 98.8 cm³/mol. The molecule has 5 heteroatoms. The van der Waals surface area contributed by atoms with Crippen LogP contribution in [-0.4, -0.2) is 42.5 Å². The Bertz CT molecular complexity index is 886. The van der Waals surface area contributed by atoms with Gasteiger partial charge in [-0.25, -0.2) is 0 Å². The van der Waals surface area contributed by atoms with Gasteiger partial charge in [-0.05, 0) is 41.8 Å². The molecular formula is C21H20N2O3. The zero-order valence-electron chi connectivity index (χ0n) is 14.6. The number of hydrogen-bond donors (Lipinski definition) is 0. The van der Waals surface area contributed by atoms with E-state index in [1.54, 1.807) is 31.4 Å². The summed E-state index contributed by atoms with van der Waals surface area (Å²) in [6.07, 6.45) is 0.883. The monoisotopic (exact) mass is 348 g/mol. The molecule has 132 valence electrons.